The lowest BCUT2D eigenvalue weighted by molar-refractivity contribution is 0.0950. The van der Waals surface area contributed by atoms with E-state index < -0.39 is 5.91 Å². The Balaban J connectivity index is 1.46. The van der Waals surface area contributed by atoms with Gasteiger partial charge < -0.3 is 5.32 Å². The SMILES string of the molecule is Cn1nc(C(=O)N/N=C\c2ccc(Nc3ccccc3)cc2)c2ccccc2c1=O. The Labute approximate surface area is 172 Å². The Morgan fingerprint density at radius 3 is 2.27 bits per heavy atom. The summed E-state index contributed by atoms with van der Waals surface area (Å²) in [4.78, 5) is 24.7. The standard InChI is InChI=1S/C23H19N5O2/c1-28-23(30)20-10-6-5-9-19(20)21(27-28)22(29)26-24-15-16-11-13-18(14-12-16)25-17-7-3-2-4-8-17/h2-15,25H,1H3,(H,26,29)/b24-15-. The molecule has 3 aromatic carbocycles. The fourth-order valence-corrected chi connectivity index (χ4v) is 3.03. The number of aryl methyl sites for hydroxylation is 1. The first-order chi connectivity index (χ1) is 14.6. The van der Waals surface area contributed by atoms with Gasteiger partial charge in [0.05, 0.1) is 11.6 Å². The van der Waals surface area contributed by atoms with Gasteiger partial charge >= 0.3 is 0 Å². The van der Waals surface area contributed by atoms with E-state index in [0.717, 1.165) is 21.6 Å². The summed E-state index contributed by atoms with van der Waals surface area (Å²) in [6.45, 7) is 0. The highest BCUT2D eigenvalue weighted by Crippen LogP contribution is 2.16. The predicted octanol–water partition coefficient (Wildman–Crippen LogP) is 3.44. The highest BCUT2D eigenvalue weighted by molar-refractivity contribution is 6.04. The second-order valence-corrected chi connectivity index (χ2v) is 6.64. The van der Waals surface area contributed by atoms with E-state index in [2.05, 4.69) is 20.9 Å². The zero-order valence-electron chi connectivity index (χ0n) is 16.2. The van der Waals surface area contributed by atoms with E-state index in [1.54, 1.807) is 30.5 Å². The van der Waals surface area contributed by atoms with Crippen LogP contribution in [0, 0.1) is 0 Å². The zero-order valence-corrected chi connectivity index (χ0v) is 16.2. The van der Waals surface area contributed by atoms with Crippen molar-refractivity contribution in [2.45, 2.75) is 0 Å². The fourth-order valence-electron chi connectivity index (χ4n) is 3.03. The fraction of sp³-hybridized carbons (Fsp3) is 0.0435. The summed E-state index contributed by atoms with van der Waals surface area (Å²) in [6.07, 6.45) is 1.55. The van der Waals surface area contributed by atoms with Crippen molar-refractivity contribution in [3.63, 3.8) is 0 Å². The molecule has 0 bridgehead atoms. The molecule has 7 nitrogen and oxygen atoms in total. The third kappa shape index (κ3) is 4.10. The Hall–Kier alpha value is -4.26. The minimum Gasteiger partial charge on any atom is -0.356 e. The molecule has 7 heteroatoms. The van der Waals surface area contributed by atoms with E-state index in [1.165, 1.54) is 7.05 Å². The van der Waals surface area contributed by atoms with Crippen LogP contribution in [0.25, 0.3) is 10.8 Å². The molecule has 0 saturated heterocycles. The van der Waals surface area contributed by atoms with Crippen LogP contribution < -0.4 is 16.3 Å². The van der Waals surface area contributed by atoms with E-state index in [1.807, 2.05) is 54.6 Å². The first kappa shape index (κ1) is 19.1. The molecule has 4 rings (SSSR count). The number of nitrogens with one attached hydrogen (secondary N) is 2. The van der Waals surface area contributed by atoms with Crippen molar-refractivity contribution in [1.82, 2.24) is 15.2 Å². The molecule has 0 fully saturated rings. The highest BCUT2D eigenvalue weighted by atomic mass is 16.2. The lowest BCUT2D eigenvalue weighted by atomic mass is 10.1. The maximum Gasteiger partial charge on any atom is 0.292 e. The van der Waals surface area contributed by atoms with E-state index in [9.17, 15) is 9.59 Å². The molecular weight excluding hydrogens is 378 g/mol. The van der Waals surface area contributed by atoms with Crippen LogP contribution in [0.15, 0.2) is 88.8 Å². The molecule has 4 aromatic rings. The second kappa shape index (κ2) is 8.40. The molecule has 0 aliphatic heterocycles. The van der Waals surface area contributed by atoms with E-state index in [0.29, 0.717) is 10.8 Å². The van der Waals surface area contributed by atoms with Gasteiger partial charge in [0.15, 0.2) is 5.69 Å². The molecule has 0 aliphatic carbocycles. The number of anilines is 2. The summed E-state index contributed by atoms with van der Waals surface area (Å²) >= 11 is 0. The molecule has 1 heterocycles. The lowest BCUT2D eigenvalue weighted by Crippen LogP contribution is -2.27. The number of carbonyl (C=O) groups excluding carboxylic acids is 1. The molecule has 0 atom stereocenters. The van der Waals surface area contributed by atoms with Crippen molar-refractivity contribution in [3.05, 3.63) is 100 Å². The molecule has 30 heavy (non-hydrogen) atoms. The summed E-state index contributed by atoms with van der Waals surface area (Å²) in [5.41, 5.74) is 5.15. The van der Waals surface area contributed by atoms with Crippen molar-refractivity contribution in [3.8, 4) is 0 Å². The molecule has 148 valence electrons. The van der Waals surface area contributed by atoms with Crippen LogP contribution in [0.5, 0.6) is 0 Å². The van der Waals surface area contributed by atoms with Gasteiger partial charge in [-0.05, 0) is 35.9 Å². The Bertz CT molecular complexity index is 1280. The number of amides is 1. The average molecular weight is 397 g/mol. The summed E-state index contributed by atoms with van der Waals surface area (Å²) in [5.74, 6) is -0.486. The maximum absolute atomic E-state index is 12.6. The summed E-state index contributed by atoms with van der Waals surface area (Å²) in [7, 11) is 1.51. The first-order valence-electron chi connectivity index (χ1n) is 9.33. The summed E-state index contributed by atoms with van der Waals surface area (Å²) in [6, 6.07) is 24.4. The van der Waals surface area contributed by atoms with Gasteiger partial charge in [0, 0.05) is 23.8 Å². The quantitative estimate of drug-likeness (QED) is 0.399. The number of benzene rings is 3. The molecule has 0 radical (unpaired) electrons. The maximum atomic E-state index is 12.6. The van der Waals surface area contributed by atoms with Crippen LogP contribution in [0.2, 0.25) is 0 Å². The number of fused-ring (bicyclic) bond motifs is 1. The normalized spacial score (nSPS) is 11.0. The van der Waals surface area contributed by atoms with Crippen LogP contribution in [0.3, 0.4) is 0 Å². The molecule has 0 saturated carbocycles. The van der Waals surface area contributed by atoms with Gasteiger partial charge in [-0.15, -0.1) is 0 Å². The van der Waals surface area contributed by atoms with Crippen molar-refractivity contribution < 1.29 is 4.79 Å². The summed E-state index contributed by atoms with van der Waals surface area (Å²) in [5, 5.41) is 12.3. The van der Waals surface area contributed by atoms with Gasteiger partial charge in [0.2, 0.25) is 0 Å². The Morgan fingerprint density at radius 1 is 0.900 bits per heavy atom. The summed E-state index contributed by atoms with van der Waals surface area (Å²) < 4.78 is 1.15. The molecule has 1 amide bonds. The monoisotopic (exact) mass is 397 g/mol. The smallest absolute Gasteiger partial charge is 0.292 e. The number of rotatable bonds is 5. The number of hydrogen-bond donors (Lipinski definition) is 2. The van der Waals surface area contributed by atoms with Gasteiger partial charge in [-0.3, -0.25) is 9.59 Å². The molecule has 0 aliphatic rings. The van der Waals surface area contributed by atoms with Gasteiger partial charge in [0.25, 0.3) is 11.5 Å². The molecule has 0 unspecified atom stereocenters. The third-order valence-corrected chi connectivity index (χ3v) is 4.52. The van der Waals surface area contributed by atoms with Gasteiger partial charge in [0.1, 0.15) is 0 Å². The van der Waals surface area contributed by atoms with Gasteiger partial charge in [-0.1, -0.05) is 48.5 Å². The largest absolute Gasteiger partial charge is 0.356 e. The van der Waals surface area contributed by atoms with Crippen LogP contribution in [-0.2, 0) is 7.05 Å². The first-order valence-corrected chi connectivity index (χ1v) is 9.33. The van der Waals surface area contributed by atoms with Crippen LogP contribution in [0.4, 0.5) is 11.4 Å². The number of aromatic nitrogens is 2. The van der Waals surface area contributed by atoms with E-state index in [4.69, 9.17) is 0 Å². The number of hydrogen-bond acceptors (Lipinski definition) is 5. The van der Waals surface area contributed by atoms with Gasteiger partial charge in [-0.25, -0.2) is 10.1 Å². The minimum atomic E-state index is -0.486. The zero-order chi connectivity index (χ0) is 20.9. The van der Waals surface area contributed by atoms with Gasteiger partial charge in [-0.2, -0.15) is 10.2 Å². The van der Waals surface area contributed by atoms with Crippen molar-refractivity contribution >= 4 is 34.3 Å². The van der Waals surface area contributed by atoms with Crippen LogP contribution in [0.1, 0.15) is 16.1 Å². The highest BCUT2D eigenvalue weighted by Gasteiger charge is 2.14. The number of nitrogens with zero attached hydrogens (tertiary/aromatic N) is 3. The lowest BCUT2D eigenvalue weighted by Gasteiger charge is -2.07. The third-order valence-electron chi connectivity index (χ3n) is 4.52. The Kier molecular flexibility index (Phi) is 5.34. The predicted molar refractivity (Wildman–Crippen MR) is 118 cm³/mol. The number of para-hydroxylation sites is 1. The second-order valence-electron chi connectivity index (χ2n) is 6.64. The minimum absolute atomic E-state index is 0.146. The van der Waals surface area contributed by atoms with Crippen molar-refractivity contribution in [2.24, 2.45) is 12.1 Å². The average Bonchev–Trinajstić information content (AvgIpc) is 2.78. The van der Waals surface area contributed by atoms with Crippen LogP contribution >= 0.6 is 0 Å². The Morgan fingerprint density at radius 2 is 1.53 bits per heavy atom. The molecule has 0 spiro atoms. The van der Waals surface area contributed by atoms with Crippen LogP contribution in [-0.4, -0.2) is 21.9 Å². The molecule has 2 N–H and O–H groups in total. The topological polar surface area (TPSA) is 88.4 Å². The van der Waals surface area contributed by atoms with Crippen molar-refractivity contribution in [1.29, 1.82) is 0 Å². The number of hydrazone groups is 1. The van der Waals surface area contributed by atoms with E-state index in [-0.39, 0.29) is 11.3 Å². The van der Waals surface area contributed by atoms with E-state index >= 15 is 0 Å². The molecular formula is C23H19N5O2. The number of carbonyl (C=O) groups is 1. The molecule has 1 aromatic heterocycles. The van der Waals surface area contributed by atoms with Crippen molar-refractivity contribution in [2.75, 3.05) is 5.32 Å².